The van der Waals surface area contributed by atoms with Crippen LogP contribution in [0, 0.1) is 0 Å². The van der Waals surface area contributed by atoms with Gasteiger partial charge in [-0.1, -0.05) is 194 Å². The average molecular weight is 652 g/mol. The van der Waals surface area contributed by atoms with E-state index in [1.807, 2.05) is 0 Å². The van der Waals surface area contributed by atoms with E-state index in [0.717, 1.165) is 11.0 Å². The van der Waals surface area contributed by atoms with Crippen LogP contribution < -0.4 is 0 Å². The Morgan fingerprint density at radius 2 is 0.471 bits per heavy atom. The quantitative estimate of drug-likeness (QED) is 0.157. The summed E-state index contributed by atoms with van der Waals surface area (Å²) in [6, 6.07) is 79.8. The summed E-state index contributed by atoms with van der Waals surface area (Å²) < 4.78 is 0. The van der Waals surface area contributed by atoms with Gasteiger partial charge in [0.2, 0.25) is 0 Å². The van der Waals surface area contributed by atoms with Crippen LogP contribution in [-0.2, 0) is 10.8 Å². The number of hydrogen-bond donors (Lipinski definition) is 1. The maximum absolute atomic E-state index is 3.77. The van der Waals surface area contributed by atoms with Gasteiger partial charge in [0.05, 0.1) is 10.8 Å². The Morgan fingerprint density at radius 3 is 0.706 bits per heavy atom. The Bertz CT molecular complexity index is 2160. The highest BCUT2D eigenvalue weighted by molar-refractivity contribution is 6.08. The first-order valence-electron chi connectivity index (χ1n) is 17.7. The fraction of sp³-hybridized carbons (Fsp3) is 0.0400. The minimum atomic E-state index is -0.527. The fourth-order valence-corrected chi connectivity index (χ4v) is 8.49. The third-order valence-electron chi connectivity index (χ3n) is 10.7. The van der Waals surface area contributed by atoms with Crippen LogP contribution in [0.3, 0.4) is 0 Å². The number of hydrogen-bond acceptors (Lipinski definition) is 0. The zero-order valence-electron chi connectivity index (χ0n) is 28.3. The van der Waals surface area contributed by atoms with Crippen LogP contribution in [0.5, 0.6) is 0 Å². The van der Waals surface area contributed by atoms with E-state index in [9.17, 15) is 0 Å². The molecule has 9 rings (SSSR count). The number of fused-ring (bicyclic) bond motifs is 3. The zero-order valence-corrected chi connectivity index (χ0v) is 28.3. The highest BCUT2D eigenvalue weighted by Gasteiger charge is 2.40. The van der Waals surface area contributed by atoms with Gasteiger partial charge in [-0.2, -0.15) is 0 Å². The van der Waals surface area contributed by atoms with E-state index in [0.29, 0.717) is 0 Å². The lowest BCUT2D eigenvalue weighted by atomic mass is 9.64. The third-order valence-corrected chi connectivity index (χ3v) is 10.7. The SMILES string of the molecule is c1ccc(C(c2ccccc2)(c2ccccc2)c2ccc3[nH]c4ccc(C(c5ccccc5)(c5ccccc5)c5ccccc5)cc4c3c2)cc1. The van der Waals surface area contributed by atoms with Crippen molar-refractivity contribution in [2.45, 2.75) is 10.8 Å². The Labute approximate surface area is 299 Å². The molecule has 0 atom stereocenters. The lowest BCUT2D eigenvalue weighted by Crippen LogP contribution is -2.31. The molecule has 242 valence electrons. The van der Waals surface area contributed by atoms with Crippen molar-refractivity contribution in [2.75, 3.05) is 0 Å². The van der Waals surface area contributed by atoms with Gasteiger partial charge >= 0.3 is 0 Å². The second-order valence-electron chi connectivity index (χ2n) is 13.3. The molecule has 0 aliphatic carbocycles. The molecular weight excluding hydrogens is 615 g/mol. The topological polar surface area (TPSA) is 15.8 Å². The highest BCUT2D eigenvalue weighted by Crippen LogP contribution is 2.48. The summed E-state index contributed by atoms with van der Waals surface area (Å²) in [5.41, 5.74) is 11.1. The van der Waals surface area contributed by atoms with E-state index < -0.39 is 10.8 Å². The van der Waals surface area contributed by atoms with Gasteiger partial charge < -0.3 is 4.98 Å². The van der Waals surface area contributed by atoms with Crippen LogP contribution in [0.15, 0.2) is 218 Å². The van der Waals surface area contributed by atoms with Crippen LogP contribution in [0.1, 0.15) is 44.5 Å². The van der Waals surface area contributed by atoms with Gasteiger partial charge in [-0.05, 0) is 68.8 Å². The van der Waals surface area contributed by atoms with Crippen molar-refractivity contribution in [1.82, 2.24) is 4.98 Å². The van der Waals surface area contributed by atoms with Gasteiger partial charge in [-0.15, -0.1) is 0 Å². The fourth-order valence-electron chi connectivity index (χ4n) is 8.49. The Hall–Kier alpha value is -6.44. The summed E-state index contributed by atoms with van der Waals surface area (Å²) in [5, 5.41) is 2.42. The third kappa shape index (κ3) is 4.93. The highest BCUT2D eigenvalue weighted by atomic mass is 14.7. The molecule has 8 aromatic carbocycles. The second-order valence-corrected chi connectivity index (χ2v) is 13.3. The molecule has 1 N–H and O–H groups in total. The van der Waals surface area contributed by atoms with Gasteiger partial charge in [0, 0.05) is 21.8 Å². The molecule has 9 aromatic rings. The minimum Gasteiger partial charge on any atom is -0.355 e. The van der Waals surface area contributed by atoms with E-state index in [2.05, 4.69) is 223 Å². The average Bonchev–Trinajstić information content (AvgIpc) is 3.59. The molecule has 1 heteroatoms. The normalized spacial score (nSPS) is 11.9. The van der Waals surface area contributed by atoms with Crippen LogP contribution in [0.25, 0.3) is 21.8 Å². The van der Waals surface area contributed by atoms with E-state index in [4.69, 9.17) is 0 Å². The molecule has 0 saturated heterocycles. The molecule has 0 aliphatic heterocycles. The first kappa shape index (κ1) is 30.6. The first-order chi connectivity index (χ1) is 25.3. The standard InChI is InChI=1S/C50H37N/c1-7-19-37(20-8-1)49(38-21-9-2-10-22-38,39-23-11-3-12-24-39)43-31-33-47-45(35-43)46-36-44(32-34-48(46)51-47)50(40-25-13-4-14-26-40,41-27-15-5-16-28-41)42-29-17-6-18-30-42/h1-36,51H. The number of aromatic nitrogens is 1. The molecule has 1 nitrogen and oxygen atoms in total. The summed E-state index contributed by atoms with van der Waals surface area (Å²) in [5.74, 6) is 0. The van der Waals surface area contributed by atoms with Gasteiger partial charge in [0.25, 0.3) is 0 Å². The van der Waals surface area contributed by atoms with Crippen molar-refractivity contribution in [3.05, 3.63) is 263 Å². The van der Waals surface area contributed by atoms with E-state index in [1.54, 1.807) is 0 Å². The molecule has 1 heterocycles. The maximum atomic E-state index is 3.77. The lowest BCUT2D eigenvalue weighted by Gasteiger charge is -2.37. The van der Waals surface area contributed by atoms with Gasteiger partial charge in [-0.25, -0.2) is 0 Å². The van der Waals surface area contributed by atoms with E-state index >= 15 is 0 Å². The molecule has 0 radical (unpaired) electrons. The van der Waals surface area contributed by atoms with Crippen LogP contribution in [0.4, 0.5) is 0 Å². The van der Waals surface area contributed by atoms with Crippen molar-refractivity contribution in [3.63, 3.8) is 0 Å². The molecule has 0 amide bonds. The van der Waals surface area contributed by atoms with Crippen molar-refractivity contribution in [1.29, 1.82) is 0 Å². The molecule has 0 aliphatic rings. The van der Waals surface area contributed by atoms with Crippen molar-refractivity contribution in [2.24, 2.45) is 0 Å². The molecule has 0 bridgehead atoms. The van der Waals surface area contributed by atoms with E-state index in [1.165, 1.54) is 55.3 Å². The maximum Gasteiger partial charge on any atom is 0.0701 e. The molecule has 0 spiro atoms. The first-order valence-corrected chi connectivity index (χ1v) is 17.7. The molecule has 51 heavy (non-hydrogen) atoms. The van der Waals surface area contributed by atoms with Gasteiger partial charge in [-0.3, -0.25) is 0 Å². The summed E-state index contributed by atoms with van der Waals surface area (Å²) >= 11 is 0. The van der Waals surface area contributed by atoms with Crippen LogP contribution >= 0.6 is 0 Å². The molecule has 1 aromatic heterocycles. The largest absolute Gasteiger partial charge is 0.355 e. The molecule has 0 saturated carbocycles. The van der Waals surface area contributed by atoms with E-state index in [-0.39, 0.29) is 0 Å². The van der Waals surface area contributed by atoms with Gasteiger partial charge in [0.15, 0.2) is 0 Å². The Kier molecular flexibility index (Phi) is 7.67. The number of H-pyrrole nitrogens is 1. The van der Waals surface area contributed by atoms with Crippen LogP contribution in [-0.4, -0.2) is 4.98 Å². The zero-order chi connectivity index (χ0) is 34.1. The summed E-state index contributed by atoms with van der Waals surface area (Å²) in [6.45, 7) is 0. The second kappa shape index (κ2) is 12.8. The Morgan fingerprint density at radius 1 is 0.235 bits per heavy atom. The Balaban J connectivity index is 1.36. The number of aromatic amines is 1. The lowest BCUT2D eigenvalue weighted by molar-refractivity contribution is 0.746. The number of benzene rings is 8. The molecule has 0 unspecified atom stereocenters. The summed E-state index contributed by atoms with van der Waals surface area (Å²) in [4.78, 5) is 3.77. The molecular formula is C50H37N. The molecule has 0 fully saturated rings. The minimum absolute atomic E-state index is 0.527. The monoisotopic (exact) mass is 651 g/mol. The summed E-state index contributed by atoms with van der Waals surface area (Å²) in [7, 11) is 0. The van der Waals surface area contributed by atoms with Crippen molar-refractivity contribution >= 4 is 21.8 Å². The van der Waals surface area contributed by atoms with Crippen molar-refractivity contribution in [3.8, 4) is 0 Å². The smallest absolute Gasteiger partial charge is 0.0701 e. The predicted octanol–water partition coefficient (Wildman–Crippen LogP) is 12.1. The number of nitrogens with one attached hydrogen (secondary N) is 1. The van der Waals surface area contributed by atoms with Crippen molar-refractivity contribution < 1.29 is 0 Å². The van der Waals surface area contributed by atoms with Crippen LogP contribution in [0.2, 0.25) is 0 Å². The number of rotatable bonds is 8. The predicted molar refractivity (Wildman–Crippen MR) is 212 cm³/mol. The van der Waals surface area contributed by atoms with Gasteiger partial charge in [0.1, 0.15) is 0 Å². The summed E-state index contributed by atoms with van der Waals surface area (Å²) in [6.07, 6.45) is 0.